The van der Waals surface area contributed by atoms with E-state index in [4.69, 9.17) is 5.11 Å². The third-order valence-corrected chi connectivity index (χ3v) is 4.43. The minimum Gasteiger partial charge on any atom is -0.481 e. The summed E-state index contributed by atoms with van der Waals surface area (Å²) in [5.74, 6) is -2.08. The number of hydrogen-bond acceptors (Lipinski definition) is 1. The van der Waals surface area contributed by atoms with Gasteiger partial charge in [0.1, 0.15) is 11.6 Å². The quantitative estimate of drug-likeness (QED) is 0.618. The maximum atomic E-state index is 14.3. The summed E-state index contributed by atoms with van der Waals surface area (Å²) < 4.78 is 28.1. The molecule has 0 radical (unpaired) electrons. The summed E-state index contributed by atoms with van der Waals surface area (Å²) in [6.07, 6.45) is -0.0880. The third-order valence-electron chi connectivity index (χ3n) is 3.97. The fourth-order valence-electron chi connectivity index (χ4n) is 2.96. The average molecular weight is 394 g/mol. The molecule has 3 aromatic rings. The maximum Gasteiger partial charge on any atom is 0.303 e. The van der Waals surface area contributed by atoms with E-state index in [1.54, 1.807) is 25.1 Å². The molecule has 0 fully saturated rings. The largest absolute Gasteiger partial charge is 0.481 e. The van der Waals surface area contributed by atoms with Crippen molar-refractivity contribution in [2.75, 3.05) is 0 Å². The van der Waals surface area contributed by atoms with Crippen LogP contribution in [0, 0.1) is 11.6 Å². The normalized spacial score (nSPS) is 12.5. The van der Waals surface area contributed by atoms with Crippen LogP contribution >= 0.6 is 15.9 Å². The monoisotopic (exact) mass is 393 g/mol. The summed E-state index contributed by atoms with van der Waals surface area (Å²) >= 11 is 3.27. The Labute approximate surface area is 145 Å². The topological polar surface area (TPSA) is 53.1 Å². The zero-order valence-electron chi connectivity index (χ0n) is 12.7. The highest BCUT2D eigenvalue weighted by Crippen LogP contribution is 2.39. The lowest BCUT2D eigenvalue weighted by atomic mass is 9.92. The zero-order valence-corrected chi connectivity index (χ0v) is 14.3. The Morgan fingerprint density at radius 1 is 1.25 bits per heavy atom. The number of aliphatic carboxylic acids is 1. The number of carboxylic acids is 1. The van der Waals surface area contributed by atoms with Gasteiger partial charge in [0.15, 0.2) is 0 Å². The average Bonchev–Trinajstić information content (AvgIpc) is 2.87. The molecule has 3 nitrogen and oxygen atoms in total. The maximum absolute atomic E-state index is 14.3. The number of hydrogen-bond donors (Lipinski definition) is 2. The second-order valence-electron chi connectivity index (χ2n) is 5.73. The Balaban J connectivity index is 2.28. The number of aromatic amines is 1. The van der Waals surface area contributed by atoms with Crippen molar-refractivity contribution in [2.24, 2.45) is 0 Å². The molecule has 0 bridgehead atoms. The first kappa shape index (κ1) is 16.6. The predicted octanol–water partition coefficient (Wildman–Crippen LogP) is 5.45. The molecule has 0 aliphatic heterocycles. The van der Waals surface area contributed by atoms with Gasteiger partial charge in [-0.2, -0.15) is 0 Å². The molecule has 6 heteroatoms. The summed E-state index contributed by atoms with van der Waals surface area (Å²) in [4.78, 5) is 14.2. The second kappa shape index (κ2) is 6.36. The summed E-state index contributed by atoms with van der Waals surface area (Å²) in [6, 6.07) is 8.92. The van der Waals surface area contributed by atoms with Crippen LogP contribution in [0.15, 0.2) is 40.9 Å². The highest BCUT2D eigenvalue weighted by atomic mass is 79.9. The first-order chi connectivity index (χ1) is 11.4. The lowest BCUT2D eigenvalue weighted by molar-refractivity contribution is -0.137. The van der Waals surface area contributed by atoms with Crippen molar-refractivity contribution < 1.29 is 18.7 Å². The van der Waals surface area contributed by atoms with Gasteiger partial charge in [-0.05, 0) is 53.4 Å². The van der Waals surface area contributed by atoms with Gasteiger partial charge >= 0.3 is 5.97 Å². The summed E-state index contributed by atoms with van der Waals surface area (Å²) in [7, 11) is 0. The Kier molecular flexibility index (Phi) is 4.41. The number of carbonyl (C=O) groups is 1. The molecule has 124 valence electrons. The van der Waals surface area contributed by atoms with E-state index in [2.05, 4.69) is 20.9 Å². The number of halogens is 3. The van der Waals surface area contributed by atoms with Crippen LogP contribution in [0.3, 0.4) is 0 Å². The van der Waals surface area contributed by atoms with E-state index < -0.39 is 11.8 Å². The fraction of sp³-hybridized carbons (Fsp3) is 0.167. The number of H-pyrrole nitrogens is 1. The van der Waals surface area contributed by atoms with Gasteiger partial charge in [-0.25, -0.2) is 8.78 Å². The standard InChI is InChI=1S/C18H14BrF2NO2/c1-9(6-15(23)24)16-13-7-11(19)8-14(21)18(13)22-17(16)10-2-4-12(20)5-3-10/h2-5,7-9,22H,6H2,1H3,(H,23,24). The van der Waals surface area contributed by atoms with Crippen LogP contribution in [-0.4, -0.2) is 16.1 Å². The Bertz CT molecular complexity index is 919. The van der Waals surface area contributed by atoms with E-state index >= 15 is 0 Å². The van der Waals surface area contributed by atoms with Crippen LogP contribution in [0.2, 0.25) is 0 Å². The van der Waals surface area contributed by atoms with Crippen LogP contribution < -0.4 is 0 Å². The minimum atomic E-state index is -0.933. The minimum absolute atomic E-state index is 0.0880. The van der Waals surface area contributed by atoms with Crippen molar-refractivity contribution >= 4 is 32.8 Å². The molecule has 0 spiro atoms. The molecule has 24 heavy (non-hydrogen) atoms. The van der Waals surface area contributed by atoms with Crippen molar-refractivity contribution in [1.29, 1.82) is 0 Å². The van der Waals surface area contributed by atoms with Gasteiger partial charge in [0, 0.05) is 9.86 Å². The lowest BCUT2D eigenvalue weighted by Crippen LogP contribution is -2.03. The van der Waals surface area contributed by atoms with Gasteiger partial charge in [-0.15, -0.1) is 0 Å². The van der Waals surface area contributed by atoms with Crippen LogP contribution in [0.1, 0.15) is 24.8 Å². The molecule has 2 N–H and O–H groups in total. The second-order valence-corrected chi connectivity index (χ2v) is 6.65. The van der Waals surface area contributed by atoms with E-state index in [0.717, 1.165) is 0 Å². The van der Waals surface area contributed by atoms with Crippen molar-refractivity contribution in [3.8, 4) is 11.3 Å². The van der Waals surface area contributed by atoms with Crippen molar-refractivity contribution in [2.45, 2.75) is 19.3 Å². The third kappa shape index (κ3) is 3.06. The molecule has 0 amide bonds. The first-order valence-corrected chi connectivity index (χ1v) is 8.14. The van der Waals surface area contributed by atoms with E-state index in [9.17, 15) is 13.6 Å². The van der Waals surface area contributed by atoms with Crippen molar-refractivity contribution in [1.82, 2.24) is 4.98 Å². The molecular weight excluding hydrogens is 380 g/mol. The van der Waals surface area contributed by atoms with Gasteiger partial charge < -0.3 is 10.1 Å². The molecule has 1 heterocycles. The van der Waals surface area contributed by atoms with Gasteiger partial charge in [0.2, 0.25) is 0 Å². The number of nitrogens with one attached hydrogen (secondary N) is 1. The van der Waals surface area contributed by atoms with Crippen molar-refractivity contribution in [3.05, 3.63) is 58.1 Å². The van der Waals surface area contributed by atoms with Gasteiger partial charge in [0.25, 0.3) is 0 Å². The molecule has 0 saturated heterocycles. The van der Waals surface area contributed by atoms with E-state index in [-0.39, 0.29) is 18.2 Å². The van der Waals surface area contributed by atoms with Gasteiger partial charge in [-0.3, -0.25) is 4.79 Å². The summed E-state index contributed by atoms with van der Waals surface area (Å²) in [5.41, 5.74) is 2.30. The van der Waals surface area contributed by atoms with Gasteiger partial charge in [0.05, 0.1) is 17.6 Å². The summed E-state index contributed by atoms with van der Waals surface area (Å²) in [5, 5.41) is 9.74. The molecule has 1 aromatic heterocycles. The zero-order chi connectivity index (χ0) is 17.4. The molecule has 0 aliphatic rings. The highest BCUT2D eigenvalue weighted by molar-refractivity contribution is 9.10. The molecule has 1 unspecified atom stereocenters. The predicted molar refractivity (Wildman–Crippen MR) is 92.0 cm³/mol. The fourth-order valence-corrected chi connectivity index (χ4v) is 3.39. The molecule has 2 aromatic carbocycles. The first-order valence-electron chi connectivity index (χ1n) is 7.35. The Hall–Kier alpha value is -2.21. The molecule has 3 rings (SSSR count). The Morgan fingerprint density at radius 3 is 2.54 bits per heavy atom. The summed E-state index contributed by atoms with van der Waals surface area (Å²) in [6.45, 7) is 1.78. The van der Waals surface area contributed by atoms with Gasteiger partial charge in [-0.1, -0.05) is 22.9 Å². The number of carboxylic acid groups (broad SMARTS) is 1. The van der Waals surface area contributed by atoms with E-state index in [1.807, 2.05) is 0 Å². The molecule has 0 saturated carbocycles. The lowest BCUT2D eigenvalue weighted by Gasteiger charge is -2.12. The van der Waals surface area contributed by atoms with Crippen LogP contribution in [0.5, 0.6) is 0 Å². The van der Waals surface area contributed by atoms with E-state index in [0.29, 0.717) is 32.2 Å². The number of benzene rings is 2. The molecule has 0 aliphatic carbocycles. The van der Waals surface area contributed by atoms with E-state index in [1.165, 1.54) is 18.2 Å². The SMILES string of the molecule is CC(CC(=O)O)c1c(-c2ccc(F)cc2)[nH]c2c(F)cc(Br)cc12. The molecular formula is C18H14BrF2NO2. The number of aromatic nitrogens is 1. The van der Waals surface area contributed by atoms with Crippen molar-refractivity contribution in [3.63, 3.8) is 0 Å². The van der Waals surface area contributed by atoms with Crippen LogP contribution in [0.25, 0.3) is 22.2 Å². The van der Waals surface area contributed by atoms with Crippen LogP contribution in [-0.2, 0) is 4.79 Å². The smallest absolute Gasteiger partial charge is 0.303 e. The molecule has 1 atom stereocenters. The highest BCUT2D eigenvalue weighted by Gasteiger charge is 2.22. The van der Waals surface area contributed by atoms with Crippen LogP contribution in [0.4, 0.5) is 8.78 Å². The Morgan fingerprint density at radius 2 is 1.92 bits per heavy atom. The number of rotatable bonds is 4. The number of fused-ring (bicyclic) bond motifs is 1.